The molecule has 5 heteroatoms. The van der Waals surface area contributed by atoms with Crippen molar-refractivity contribution in [3.63, 3.8) is 0 Å². The molecule has 0 saturated heterocycles. The number of aryl methyl sites for hydroxylation is 2. The van der Waals surface area contributed by atoms with E-state index >= 15 is 0 Å². The average molecular weight is 259 g/mol. The van der Waals surface area contributed by atoms with Crippen molar-refractivity contribution in [2.24, 2.45) is 13.0 Å². The van der Waals surface area contributed by atoms with E-state index in [1.54, 1.807) is 0 Å². The first-order valence-electron chi connectivity index (χ1n) is 6.87. The number of aromatic nitrogens is 4. The third kappa shape index (κ3) is 2.87. The van der Waals surface area contributed by atoms with Crippen molar-refractivity contribution in [2.45, 2.75) is 25.9 Å². The number of imidazole rings is 1. The number of rotatable bonds is 4. The van der Waals surface area contributed by atoms with Gasteiger partial charge in [0.05, 0.1) is 6.20 Å². The molecule has 0 spiro atoms. The second-order valence-electron chi connectivity index (χ2n) is 5.62. The molecule has 0 aliphatic carbocycles. The summed E-state index contributed by atoms with van der Waals surface area (Å²) in [6.45, 7) is 3.21. The molecule has 3 rings (SSSR count). The van der Waals surface area contributed by atoms with Crippen LogP contribution in [-0.4, -0.2) is 37.8 Å². The van der Waals surface area contributed by atoms with Gasteiger partial charge in [0.15, 0.2) is 0 Å². The lowest BCUT2D eigenvalue weighted by Gasteiger charge is -2.27. The van der Waals surface area contributed by atoms with Crippen LogP contribution in [0, 0.1) is 5.92 Å². The molecule has 5 nitrogen and oxygen atoms in total. The Morgan fingerprint density at radius 2 is 2.37 bits per heavy atom. The van der Waals surface area contributed by atoms with Gasteiger partial charge in [-0.05, 0) is 19.4 Å². The van der Waals surface area contributed by atoms with E-state index in [-0.39, 0.29) is 0 Å². The lowest BCUT2D eigenvalue weighted by atomic mass is 9.99. The lowest BCUT2D eigenvalue weighted by Crippen LogP contribution is -2.31. The molecule has 2 aromatic rings. The maximum absolute atomic E-state index is 4.38. The molecule has 3 heterocycles. The second-order valence-corrected chi connectivity index (χ2v) is 5.62. The van der Waals surface area contributed by atoms with Gasteiger partial charge in [0, 0.05) is 57.3 Å². The van der Waals surface area contributed by atoms with Gasteiger partial charge in [0.25, 0.3) is 0 Å². The smallest absolute Gasteiger partial charge is 0.108 e. The predicted octanol–water partition coefficient (Wildman–Crippen LogP) is 1.31. The summed E-state index contributed by atoms with van der Waals surface area (Å²) in [6, 6.07) is 0. The molecule has 0 aromatic carbocycles. The van der Waals surface area contributed by atoms with Crippen LogP contribution >= 0.6 is 0 Å². The van der Waals surface area contributed by atoms with Gasteiger partial charge in [-0.25, -0.2) is 4.98 Å². The molecule has 0 saturated carbocycles. The Morgan fingerprint density at radius 1 is 1.47 bits per heavy atom. The maximum atomic E-state index is 4.38. The molecule has 2 aromatic heterocycles. The van der Waals surface area contributed by atoms with E-state index < -0.39 is 0 Å². The largest absolute Gasteiger partial charge is 0.335 e. The van der Waals surface area contributed by atoms with Crippen LogP contribution in [0.4, 0.5) is 0 Å². The molecular formula is C14H21N5. The summed E-state index contributed by atoms with van der Waals surface area (Å²) in [5.41, 5.74) is 1.28. The summed E-state index contributed by atoms with van der Waals surface area (Å²) >= 11 is 0. The van der Waals surface area contributed by atoms with E-state index in [0.29, 0.717) is 0 Å². The summed E-state index contributed by atoms with van der Waals surface area (Å²) in [5.74, 6) is 1.97. The van der Waals surface area contributed by atoms with Crippen molar-refractivity contribution in [3.8, 4) is 0 Å². The summed E-state index contributed by atoms with van der Waals surface area (Å²) < 4.78 is 4.16. The molecule has 102 valence electrons. The molecular weight excluding hydrogens is 238 g/mol. The minimum absolute atomic E-state index is 0.725. The van der Waals surface area contributed by atoms with Crippen molar-refractivity contribution in [2.75, 3.05) is 13.6 Å². The van der Waals surface area contributed by atoms with Gasteiger partial charge in [0.1, 0.15) is 5.82 Å². The van der Waals surface area contributed by atoms with Crippen LogP contribution in [-0.2, 0) is 26.6 Å². The van der Waals surface area contributed by atoms with E-state index in [9.17, 15) is 0 Å². The van der Waals surface area contributed by atoms with Gasteiger partial charge >= 0.3 is 0 Å². The van der Waals surface area contributed by atoms with Crippen molar-refractivity contribution < 1.29 is 0 Å². The standard InChI is InChI=1S/C14H21N5/c1-17(9-13-7-16-18(2)10-13)8-12-3-4-14-15-5-6-19(14)11-12/h5-7,10,12H,3-4,8-9,11H2,1-2H3. The molecule has 1 aliphatic rings. The van der Waals surface area contributed by atoms with Gasteiger partial charge in [-0.2, -0.15) is 5.10 Å². The quantitative estimate of drug-likeness (QED) is 0.831. The molecule has 0 bridgehead atoms. The number of nitrogens with zero attached hydrogens (tertiary/aromatic N) is 5. The first-order chi connectivity index (χ1) is 9.20. The fraction of sp³-hybridized carbons (Fsp3) is 0.571. The van der Waals surface area contributed by atoms with Crippen molar-refractivity contribution >= 4 is 0 Å². The van der Waals surface area contributed by atoms with Crippen LogP contribution in [0.2, 0.25) is 0 Å². The van der Waals surface area contributed by atoms with Crippen LogP contribution < -0.4 is 0 Å². The van der Waals surface area contributed by atoms with Crippen LogP contribution in [0.3, 0.4) is 0 Å². The zero-order valence-corrected chi connectivity index (χ0v) is 11.7. The number of hydrogen-bond acceptors (Lipinski definition) is 3. The SMILES string of the molecule is CN(Cc1cnn(C)c1)CC1CCc2nccn2C1. The zero-order chi connectivity index (χ0) is 13.2. The Balaban J connectivity index is 1.54. The van der Waals surface area contributed by atoms with Crippen LogP contribution in [0.15, 0.2) is 24.8 Å². The van der Waals surface area contributed by atoms with Gasteiger partial charge in [-0.3, -0.25) is 4.68 Å². The van der Waals surface area contributed by atoms with Crippen molar-refractivity contribution in [1.29, 1.82) is 0 Å². The summed E-state index contributed by atoms with van der Waals surface area (Å²) in [4.78, 5) is 6.77. The highest BCUT2D eigenvalue weighted by Gasteiger charge is 2.20. The molecule has 1 unspecified atom stereocenters. The van der Waals surface area contributed by atoms with Gasteiger partial charge in [0.2, 0.25) is 0 Å². The fourth-order valence-corrected chi connectivity index (χ4v) is 2.96. The minimum Gasteiger partial charge on any atom is -0.335 e. The molecule has 19 heavy (non-hydrogen) atoms. The van der Waals surface area contributed by atoms with Crippen molar-refractivity contribution in [1.82, 2.24) is 24.2 Å². The summed E-state index contributed by atoms with van der Waals surface area (Å²) in [7, 11) is 4.15. The highest BCUT2D eigenvalue weighted by atomic mass is 15.2. The Hall–Kier alpha value is -1.62. The van der Waals surface area contributed by atoms with Crippen LogP contribution in [0.1, 0.15) is 17.8 Å². The lowest BCUT2D eigenvalue weighted by molar-refractivity contribution is 0.229. The topological polar surface area (TPSA) is 38.9 Å². The third-order valence-corrected chi connectivity index (χ3v) is 3.81. The number of hydrogen-bond donors (Lipinski definition) is 0. The van der Waals surface area contributed by atoms with Crippen LogP contribution in [0.5, 0.6) is 0 Å². The molecule has 0 N–H and O–H groups in total. The van der Waals surface area contributed by atoms with Crippen molar-refractivity contribution in [3.05, 3.63) is 36.2 Å². The van der Waals surface area contributed by atoms with Gasteiger partial charge in [-0.15, -0.1) is 0 Å². The Bertz CT molecular complexity index is 542. The average Bonchev–Trinajstić information content (AvgIpc) is 2.97. The number of fused-ring (bicyclic) bond motifs is 1. The van der Waals surface area contributed by atoms with E-state index in [1.165, 1.54) is 17.8 Å². The predicted molar refractivity (Wildman–Crippen MR) is 73.6 cm³/mol. The van der Waals surface area contributed by atoms with E-state index in [4.69, 9.17) is 0 Å². The third-order valence-electron chi connectivity index (χ3n) is 3.81. The summed E-state index contributed by atoms with van der Waals surface area (Å²) in [5, 5.41) is 4.22. The molecule has 1 atom stereocenters. The Kier molecular flexibility index (Phi) is 3.38. The van der Waals surface area contributed by atoms with E-state index in [2.05, 4.69) is 39.0 Å². The van der Waals surface area contributed by atoms with Crippen LogP contribution in [0.25, 0.3) is 0 Å². The van der Waals surface area contributed by atoms with E-state index in [0.717, 1.165) is 32.0 Å². The molecule has 0 radical (unpaired) electrons. The zero-order valence-electron chi connectivity index (χ0n) is 11.7. The molecule has 1 aliphatic heterocycles. The Labute approximate surface area is 113 Å². The normalized spacial score (nSPS) is 18.8. The fourth-order valence-electron chi connectivity index (χ4n) is 2.96. The highest BCUT2D eigenvalue weighted by Crippen LogP contribution is 2.19. The Morgan fingerprint density at radius 3 is 3.16 bits per heavy atom. The second kappa shape index (κ2) is 5.17. The maximum Gasteiger partial charge on any atom is 0.108 e. The molecule has 0 amide bonds. The minimum atomic E-state index is 0.725. The summed E-state index contributed by atoms with van der Waals surface area (Å²) in [6.07, 6.45) is 10.4. The van der Waals surface area contributed by atoms with E-state index in [1.807, 2.05) is 24.1 Å². The first-order valence-corrected chi connectivity index (χ1v) is 6.87. The van der Waals surface area contributed by atoms with Gasteiger partial charge in [-0.1, -0.05) is 0 Å². The molecule has 0 fully saturated rings. The first kappa shape index (κ1) is 12.4. The van der Waals surface area contributed by atoms with Gasteiger partial charge < -0.3 is 9.47 Å². The monoisotopic (exact) mass is 259 g/mol. The highest BCUT2D eigenvalue weighted by molar-refractivity contribution is 5.03.